The van der Waals surface area contributed by atoms with Gasteiger partial charge in [0.2, 0.25) is 0 Å². The highest BCUT2D eigenvalue weighted by Crippen LogP contribution is 2.17. The lowest BCUT2D eigenvalue weighted by Gasteiger charge is -1.98. The molecule has 0 heteroatoms. The Balaban J connectivity index is 2.33. The van der Waals surface area contributed by atoms with Gasteiger partial charge in [-0.15, -0.1) is 0 Å². The molecule has 0 atom stereocenters. The molecular weight excluding hydrogens is 132 g/mol. The average Bonchev–Trinajstić information content (AvgIpc) is 2.28. The number of rotatable bonds is 0. The van der Waals surface area contributed by atoms with Crippen LogP contribution in [-0.4, -0.2) is 0 Å². The summed E-state index contributed by atoms with van der Waals surface area (Å²) in [7, 11) is 0. The van der Waals surface area contributed by atoms with Crippen molar-refractivity contribution in [1.29, 1.82) is 0 Å². The smallest absolute Gasteiger partial charge is 0.00560 e. The fourth-order valence-corrected chi connectivity index (χ4v) is 1.70. The molecule has 0 fully saturated rings. The maximum absolute atomic E-state index is 3.20. The molecule has 0 heterocycles. The number of aryl methyl sites for hydroxylation is 1. The third-order valence-corrected chi connectivity index (χ3v) is 2.35. The Morgan fingerprint density at radius 2 is 2.00 bits per heavy atom. The Bertz CT molecular complexity index is 213. The first-order valence-corrected chi connectivity index (χ1v) is 4.37. The Morgan fingerprint density at radius 1 is 1.09 bits per heavy atom. The minimum absolute atomic E-state index is 1.21. The van der Waals surface area contributed by atoms with Crippen molar-refractivity contribution in [3.8, 4) is 0 Å². The highest BCUT2D eigenvalue weighted by Gasteiger charge is 2.05. The van der Waals surface area contributed by atoms with E-state index in [0.717, 1.165) is 0 Å². The van der Waals surface area contributed by atoms with Crippen molar-refractivity contribution in [2.75, 3.05) is 0 Å². The summed E-state index contributed by atoms with van der Waals surface area (Å²) in [6, 6.07) is 10.4. The van der Waals surface area contributed by atoms with Gasteiger partial charge in [0.25, 0.3) is 0 Å². The third-order valence-electron chi connectivity index (χ3n) is 2.35. The second-order valence-corrected chi connectivity index (χ2v) is 3.17. The van der Waals surface area contributed by atoms with Crippen LogP contribution in [0, 0.1) is 12.1 Å². The summed E-state index contributed by atoms with van der Waals surface area (Å²) < 4.78 is 0. The number of hydrogen-bond acceptors (Lipinski definition) is 0. The standard InChI is InChI=1S/C11H12/c1-2-6-10-8-4-5-9-11(10)7-3-1/h4,8H,1-3,6-7H2. The summed E-state index contributed by atoms with van der Waals surface area (Å²) in [4.78, 5) is 0. The van der Waals surface area contributed by atoms with Crippen LogP contribution >= 0.6 is 0 Å². The van der Waals surface area contributed by atoms with Crippen LogP contribution < -0.4 is 0 Å². The van der Waals surface area contributed by atoms with Crippen molar-refractivity contribution < 1.29 is 0 Å². The lowest BCUT2D eigenvalue weighted by Crippen LogP contribution is -1.86. The van der Waals surface area contributed by atoms with Crippen molar-refractivity contribution in [3.63, 3.8) is 0 Å². The summed E-state index contributed by atoms with van der Waals surface area (Å²) in [6.45, 7) is 0. The highest BCUT2D eigenvalue weighted by molar-refractivity contribution is 5.23. The average molecular weight is 144 g/mol. The van der Waals surface area contributed by atoms with E-state index in [2.05, 4.69) is 18.2 Å². The zero-order valence-corrected chi connectivity index (χ0v) is 6.69. The van der Waals surface area contributed by atoms with Gasteiger partial charge < -0.3 is 0 Å². The molecule has 0 bridgehead atoms. The summed E-state index contributed by atoms with van der Waals surface area (Å²) in [5.41, 5.74) is 2.91. The molecule has 0 nitrogen and oxygen atoms in total. The zero-order valence-electron chi connectivity index (χ0n) is 6.69. The van der Waals surface area contributed by atoms with Gasteiger partial charge in [0.15, 0.2) is 0 Å². The van der Waals surface area contributed by atoms with Crippen LogP contribution in [0.4, 0.5) is 0 Å². The van der Waals surface area contributed by atoms with Crippen LogP contribution in [0.2, 0.25) is 0 Å². The van der Waals surface area contributed by atoms with E-state index in [4.69, 9.17) is 0 Å². The fraction of sp³-hybridized carbons (Fsp3) is 0.455. The first-order valence-electron chi connectivity index (χ1n) is 4.37. The normalized spacial score (nSPS) is 16.4. The molecule has 0 N–H and O–H groups in total. The molecule has 2 rings (SSSR count). The van der Waals surface area contributed by atoms with Crippen molar-refractivity contribution in [2.24, 2.45) is 0 Å². The third kappa shape index (κ3) is 1.38. The van der Waals surface area contributed by atoms with E-state index in [1.54, 1.807) is 0 Å². The minimum Gasteiger partial charge on any atom is -0.0699 e. The molecule has 0 radical (unpaired) electrons. The Labute approximate surface area is 68.3 Å². The number of hydrogen-bond donors (Lipinski definition) is 0. The predicted molar refractivity (Wildman–Crippen MR) is 45.4 cm³/mol. The van der Waals surface area contributed by atoms with Crippen molar-refractivity contribution >= 4 is 0 Å². The quantitative estimate of drug-likeness (QED) is 0.491. The van der Waals surface area contributed by atoms with Crippen molar-refractivity contribution in [1.82, 2.24) is 0 Å². The maximum atomic E-state index is 3.20. The maximum Gasteiger partial charge on any atom is 0.00560 e. The van der Waals surface area contributed by atoms with Crippen LogP contribution in [-0.2, 0) is 12.8 Å². The molecule has 0 spiro atoms. The SMILES string of the molecule is c1ccc2c(c#1)CCCCC2. The molecule has 0 saturated carbocycles. The van der Waals surface area contributed by atoms with Crippen LogP contribution in [0.25, 0.3) is 0 Å². The van der Waals surface area contributed by atoms with Gasteiger partial charge in [0, 0.05) is 5.56 Å². The molecule has 0 aromatic heterocycles. The topological polar surface area (TPSA) is 0 Å². The van der Waals surface area contributed by atoms with Gasteiger partial charge in [-0.3, -0.25) is 0 Å². The fourth-order valence-electron chi connectivity index (χ4n) is 1.70. The predicted octanol–water partition coefficient (Wildman–Crippen LogP) is 2.56. The molecule has 0 aliphatic heterocycles. The molecule has 0 saturated heterocycles. The van der Waals surface area contributed by atoms with Gasteiger partial charge >= 0.3 is 0 Å². The molecular formula is C11H12. The summed E-state index contributed by atoms with van der Waals surface area (Å²) in [6.07, 6.45) is 6.53. The van der Waals surface area contributed by atoms with Crippen LogP contribution in [0.15, 0.2) is 12.1 Å². The summed E-state index contributed by atoms with van der Waals surface area (Å²) >= 11 is 0. The molecule has 56 valence electrons. The lowest BCUT2D eigenvalue weighted by atomic mass is 10.1. The molecule has 0 amide bonds. The summed E-state index contributed by atoms with van der Waals surface area (Å²) in [5.74, 6) is 0. The van der Waals surface area contributed by atoms with Gasteiger partial charge in [-0.05, 0) is 43.4 Å². The molecule has 0 unspecified atom stereocenters. The molecule has 1 aliphatic carbocycles. The van der Waals surface area contributed by atoms with Gasteiger partial charge in [0.1, 0.15) is 0 Å². The largest absolute Gasteiger partial charge is 0.0699 e. The Kier molecular flexibility index (Phi) is 1.81. The van der Waals surface area contributed by atoms with E-state index in [1.807, 2.05) is 6.07 Å². The highest BCUT2D eigenvalue weighted by atomic mass is 14.1. The monoisotopic (exact) mass is 144 g/mol. The zero-order chi connectivity index (χ0) is 7.52. The van der Waals surface area contributed by atoms with Crippen LogP contribution in [0.3, 0.4) is 0 Å². The van der Waals surface area contributed by atoms with E-state index in [9.17, 15) is 0 Å². The van der Waals surface area contributed by atoms with Crippen molar-refractivity contribution in [3.05, 3.63) is 35.4 Å². The van der Waals surface area contributed by atoms with Gasteiger partial charge in [-0.1, -0.05) is 18.6 Å². The van der Waals surface area contributed by atoms with E-state index in [-0.39, 0.29) is 0 Å². The van der Waals surface area contributed by atoms with E-state index < -0.39 is 0 Å². The second kappa shape index (κ2) is 2.96. The summed E-state index contributed by atoms with van der Waals surface area (Å²) in [5, 5.41) is 0. The molecule has 11 heavy (non-hydrogen) atoms. The van der Waals surface area contributed by atoms with Gasteiger partial charge in [-0.2, -0.15) is 0 Å². The molecule has 1 aromatic rings. The van der Waals surface area contributed by atoms with Gasteiger partial charge in [-0.25, -0.2) is 0 Å². The Hall–Kier alpha value is -0.960. The minimum atomic E-state index is 1.21. The van der Waals surface area contributed by atoms with Crippen LogP contribution in [0.1, 0.15) is 30.4 Å². The van der Waals surface area contributed by atoms with E-state index in [1.165, 1.54) is 43.2 Å². The second-order valence-electron chi connectivity index (χ2n) is 3.17. The Morgan fingerprint density at radius 3 is 3.00 bits per heavy atom. The number of fused-ring (bicyclic) bond motifs is 1. The first kappa shape index (κ1) is 6.73. The van der Waals surface area contributed by atoms with E-state index in [0.29, 0.717) is 0 Å². The lowest BCUT2D eigenvalue weighted by molar-refractivity contribution is 0.711. The van der Waals surface area contributed by atoms with Crippen molar-refractivity contribution in [2.45, 2.75) is 32.1 Å². The first-order chi connectivity index (χ1) is 5.47. The van der Waals surface area contributed by atoms with E-state index >= 15 is 0 Å². The molecule has 1 aliphatic rings. The van der Waals surface area contributed by atoms with Gasteiger partial charge in [0.05, 0.1) is 0 Å². The molecule has 1 aromatic carbocycles. The van der Waals surface area contributed by atoms with Crippen LogP contribution in [0.5, 0.6) is 0 Å².